The molecule has 1 saturated heterocycles. The van der Waals surface area contributed by atoms with E-state index in [2.05, 4.69) is 10.2 Å². The van der Waals surface area contributed by atoms with Crippen LogP contribution < -0.4 is 0 Å². The standard InChI is InChI=1S/C13H14N4O2/c1-16-11(8-12(18)17(2)13(16)19)15-14-9-10-6-4-3-5-7-10/h3-7,9H,8H2,1-2H3. The number of hydrogen-bond donors (Lipinski definition) is 0. The van der Waals surface area contributed by atoms with E-state index < -0.39 is 6.03 Å². The lowest BCUT2D eigenvalue weighted by Crippen LogP contribution is -2.51. The number of carbonyl (C=O) groups is 2. The van der Waals surface area contributed by atoms with Crippen molar-refractivity contribution in [3.05, 3.63) is 35.9 Å². The normalized spacial score (nSPS) is 18.7. The molecule has 0 aromatic heterocycles. The zero-order chi connectivity index (χ0) is 13.8. The molecule has 0 spiro atoms. The van der Waals surface area contributed by atoms with Crippen LogP contribution in [-0.2, 0) is 4.79 Å². The third kappa shape index (κ3) is 2.85. The number of nitrogens with zero attached hydrogens (tertiary/aromatic N) is 4. The van der Waals surface area contributed by atoms with Crippen LogP contribution >= 0.6 is 0 Å². The summed E-state index contributed by atoms with van der Waals surface area (Å²) in [5, 5.41) is 7.85. The molecule has 0 saturated carbocycles. The third-order valence-corrected chi connectivity index (χ3v) is 2.82. The van der Waals surface area contributed by atoms with Gasteiger partial charge in [-0.1, -0.05) is 30.3 Å². The summed E-state index contributed by atoms with van der Waals surface area (Å²) < 4.78 is 0. The highest BCUT2D eigenvalue weighted by molar-refractivity contribution is 6.15. The van der Waals surface area contributed by atoms with E-state index in [9.17, 15) is 9.59 Å². The van der Waals surface area contributed by atoms with Gasteiger partial charge in [0.25, 0.3) is 0 Å². The van der Waals surface area contributed by atoms with E-state index in [0.29, 0.717) is 5.84 Å². The lowest BCUT2D eigenvalue weighted by molar-refractivity contribution is -0.127. The van der Waals surface area contributed by atoms with Crippen LogP contribution in [0.5, 0.6) is 0 Å². The average Bonchev–Trinajstić information content (AvgIpc) is 2.43. The predicted octanol–water partition coefficient (Wildman–Crippen LogP) is 1.33. The molecule has 19 heavy (non-hydrogen) atoms. The molecular weight excluding hydrogens is 244 g/mol. The highest BCUT2D eigenvalue weighted by Gasteiger charge is 2.31. The Bertz CT molecular complexity index is 551. The van der Waals surface area contributed by atoms with Crippen molar-refractivity contribution in [2.45, 2.75) is 6.42 Å². The fraction of sp³-hybridized carbons (Fsp3) is 0.231. The van der Waals surface area contributed by atoms with Gasteiger partial charge in [-0.05, 0) is 5.56 Å². The number of carbonyl (C=O) groups excluding carboxylic acids is 2. The van der Waals surface area contributed by atoms with Gasteiger partial charge in [-0.3, -0.25) is 14.6 Å². The van der Waals surface area contributed by atoms with Gasteiger partial charge < -0.3 is 0 Å². The number of benzene rings is 1. The molecule has 1 aliphatic rings. The van der Waals surface area contributed by atoms with E-state index in [-0.39, 0.29) is 12.3 Å². The molecule has 6 heteroatoms. The summed E-state index contributed by atoms with van der Waals surface area (Å²) in [6.07, 6.45) is 1.65. The Morgan fingerprint density at radius 3 is 2.47 bits per heavy atom. The van der Waals surface area contributed by atoms with Gasteiger partial charge in [-0.25, -0.2) is 4.79 Å². The largest absolute Gasteiger partial charge is 0.331 e. The molecule has 0 unspecified atom stereocenters. The van der Waals surface area contributed by atoms with Crippen LogP contribution in [0, 0.1) is 0 Å². The molecule has 0 N–H and O–H groups in total. The first-order valence-electron chi connectivity index (χ1n) is 5.79. The van der Waals surface area contributed by atoms with Gasteiger partial charge in [0.15, 0.2) is 0 Å². The Balaban J connectivity index is 2.13. The lowest BCUT2D eigenvalue weighted by Gasteiger charge is -2.29. The van der Waals surface area contributed by atoms with Gasteiger partial charge in [-0.15, -0.1) is 5.10 Å². The first-order valence-corrected chi connectivity index (χ1v) is 5.79. The number of hydrogen-bond acceptors (Lipinski definition) is 4. The van der Waals surface area contributed by atoms with E-state index in [0.717, 1.165) is 10.5 Å². The quantitative estimate of drug-likeness (QED) is 0.593. The average molecular weight is 258 g/mol. The maximum Gasteiger partial charge on any atom is 0.331 e. The van der Waals surface area contributed by atoms with E-state index in [4.69, 9.17) is 0 Å². The van der Waals surface area contributed by atoms with Crippen LogP contribution in [0.2, 0.25) is 0 Å². The molecule has 0 radical (unpaired) electrons. The summed E-state index contributed by atoms with van der Waals surface area (Å²) in [5.74, 6) is 0.0667. The second-order valence-corrected chi connectivity index (χ2v) is 4.14. The monoisotopic (exact) mass is 258 g/mol. The number of urea groups is 1. The van der Waals surface area contributed by atoms with Crippen LogP contribution in [0.3, 0.4) is 0 Å². The van der Waals surface area contributed by atoms with Crippen molar-refractivity contribution in [3.63, 3.8) is 0 Å². The molecule has 2 rings (SSSR count). The Hall–Kier alpha value is -2.50. The second kappa shape index (κ2) is 5.43. The number of imide groups is 1. The Morgan fingerprint density at radius 1 is 1.11 bits per heavy atom. The minimum absolute atomic E-state index is 0.0743. The maximum absolute atomic E-state index is 11.7. The van der Waals surface area contributed by atoms with Crippen molar-refractivity contribution in [2.75, 3.05) is 14.1 Å². The van der Waals surface area contributed by atoms with Crippen LogP contribution in [-0.4, -0.2) is 47.9 Å². The molecule has 1 fully saturated rings. The van der Waals surface area contributed by atoms with Gasteiger partial charge in [0.2, 0.25) is 5.91 Å². The summed E-state index contributed by atoms with van der Waals surface area (Å²) in [5.41, 5.74) is 0.903. The van der Waals surface area contributed by atoms with Crippen molar-refractivity contribution in [3.8, 4) is 0 Å². The predicted molar refractivity (Wildman–Crippen MR) is 72.0 cm³/mol. The number of amidine groups is 1. The fourth-order valence-corrected chi connectivity index (χ4v) is 1.62. The SMILES string of the molecule is CN1C(=O)CC(=NN=Cc2ccccc2)N(C)C1=O. The molecule has 0 aliphatic carbocycles. The first kappa shape index (κ1) is 12.9. The lowest BCUT2D eigenvalue weighted by atomic mass is 10.2. The second-order valence-electron chi connectivity index (χ2n) is 4.14. The fourth-order valence-electron chi connectivity index (χ4n) is 1.62. The van der Waals surface area contributed by atoms with E-state index in [1.165, 1.54) is 11.9 Å². The Labute approximate surface area is 111 Å². The maximum atomic E-state index is 11.7. The van der Waals surface area contributed by atoms with Crippen LogP contribution in [0.25, 0.3) is 0 Å². The summed E-state index contributed by atoms with van der Waals surface area (Å²) in [4.78, 5) is 25.6. The minimum atomic E-state index is -0.398. The van der Waals surface area contributed by atoms with Gasteiger partial charge >= 0.3 is 6.03 Å². The molecule has 3 amide bonds. The van der Waals surface area contributed by atoms with Crippen molar-refractivity contribution >= 4 is 24.0 Å². The molecule has 0 bridgehead atoms. The van der Waals surface area contributed by atoms with Crippen molar-refractivity contribution in [2.24, 2.45) is 10.2 Å². The smallest absolute Gasteiger partial charge is 0.283 e. The molecule has 0 atom stereocenters. The third-order valence-electron chi connectivity index (χ3n) is 2.82. The first-order chi connectivity index (χ1) is 9.09. The summed E-state index contributed by atoms with van der Waals surface area (Å²) in [7, 11) is 3.02. The molecule has 6 nitrogen and oxygen atoms in total. The van der Waals surface area contributed by atoms with E-state index in [1.807, 2.05) is 30.3 Å². The minimum Gasteiger partial charge on any atom is -0.283 e. The van der Waals surface area contributed by atoms with Gasteiger partial charge in [0.1, 0.15) is 5.84 Å². The molecule has 1 aromatic carbocycles. The summed E-state index contributed by atoms with van der Waals surface area (Å²) in [6.45, 7) is 0. The molecule has 1 aromatic rings. The zero-order valence-corrected chi connectivity index (χ0v) is 10.8. The van der Waals surface area contributed by atoms with E-state index in [1.54, 1.807) is 13.3 Å². The number of amides is 3. The molecule has 1 aliphatic heterocycles. The van der Waals surface area contributed by atoms with Crippen LogP contribution in [0.1, 0.15) is 12.0 Å². The molecular formula is C13H14N4O2. The Kier molecular flexibility index (Phi) is 3.70. The topological polar surface area (TPSA) is 65.3 Å². The summed E-state index contributed by atoms with van der Waals surface area (Å²) >= 11 is 0. The number of rotatable bonds is 2. The van der Waals surface area contributed by atoms with Gasteiger partial charge in [0.05, 0.1) is 12.6 Å². The van der Waals surface area contributed by atoms with Crippen molar-refractivity contribution in [1.29, 1.82) is 0 Å². The van der Waals surface area contributed by atoms with Crippen molar-refractivity contribution < 1.29 is 9.59 Å². The van der Waals surface area contributed by atoms with Gasteiger partial charge in [0, 0.05) is 14.1 Å². The summed E-state index contributed by atoms with van der Waals surface area (Å²) in [6, 6.07) is 9.07. The van der Waals surface area contributed by atoms with Gasteiger partial charge in [-0.2, -0.15) is 5.10 Å². The zero-order valence-electron chi connectivity index (χ0n) is 10.8. The van der Waals surface area contributed by atoms with Crippen molar-refractivity contribution in [1.82, 2.24) is 9.80 Å². The Morgan fingerprint density at radius 2 is 1.79 bits per heavy atom. The van der Waals surface area contributed by atoms with E-state index >= 15 is 0 Å². The molecule has 98 valence electrons. The highest BCUT2D eigenvalue weighted by atomic mass is 16.2. The highest BCUT2D eigenvalue weighted by Crippen LogP contribution is 2.09. The van der Waals surface area contributed by atoms with Crippen LogP contribution in [0.4, 0.5) is 4.79 Å². The van der Waals surface area contributed by atoms with Crippen LogP contribution in [0.15, 0.2) is 40.5 Å². The molecule has 1 heterocycles.